The Bertz CT molecular complexity index is 495. The van der Waals surface area contributed by atoms with Crippen molar-refractivity contribution in [2.75, 3.05) is 7.11 Å². The van der Waals surface area contributed by atoms with E-state index in [9.17, 15) is 15.0 Å². The fraction of sp³-hybridized carbons (Fsp3) is 0.533. The summed E-state index contributed by atoms with van der Waals surface area (Å²) in [6.45, 7) is 1.75. The van der Waals surface area contributed by atoms with Crippen LogP contribution in [0.25, 0.3) is 0 Å². The van der Waals surface area contributed by atoms with E-state index in [1.165, 1.54) is 13.2 Å². The van der Waals surface area contributed by atoms with Crippen LogP contribution in [0.4, 0.5) is 0 Å². The Morgan fingerprint density at radius 3 is 2.90 bits per heavy atom. The largest absolute Gasteiger partial charge is 0.504 e. The van der Waals surface area contributed by atoms with Crippen molar-refractivity contribution in [3.8, 4) is 11.5 Å². The van der Waals surface area contributed by atoms with Crippen LogP contribution in [0.5, 0.6) is 11.5 Å². The van der Waals surface area contributed by atoms with Crippen molar-refractivity contribution in [3.05, 3.63) is 23.3 Å². The van der Waals surface area contributed by atoms with Gasteiger partial charge in [-0.2, -0.15) is 0 Å². The zero-order chi connectivity index (χ0) is 14.7. The molecular weight excluding hydrogens is 260 g/mol. The van der Waals surface area contributed by atoms with Crippen LogP contribution in [0.1, 0.15) is 42.1 Å². The Kier molecular flexibility index (Phi) is 4.49. The van der Waals surface area contributed by atoms with Gasteiger partial charge in [0.2, 0.25) is 0 Å². The number of aromatic hydroxyl groups is 1. The molecule has 0 saturated carbocycles. The molecule has 5 heteroatoms. The van der Waals surface area contributed by atoms with Crippen LogP contribution in [0.3, 0.4) is 0 Å². The first-order chi connectivity index (χ1) is 9.52. The fourth-order valence-electron chi connectivity index (χ4n) is 2.51. The molecule has 2 N–H and O–H groups in total. The number of benzene rings is 1. The summed E-state index contributed by atoms with van der Waals surface area (Å²) in [5.41, 5.74) is 1.15. The fourth-order valence-corrected chi connectivity index (χ4v) is 2.51. The number of cyclic esters (lactones) is 1. The lowest BCUT2D eigenvalue weighted by atomic mass is 9.94. The summed E-state index contributed by atoms with van der Waals surface area (Å²) in [5, 5.41) is 18.9. The van der Waals surface area contributed by atoms with E-state index in [0.29, 0.717) is 18.4 Å². The van der Waals surface area contributed by atoms with Crippen molar-refractivity contribution >= 4 is 5.97 Å². The third kappa shape index (κ3) is 3.04. The van der Waals surface area contributed by atoms with Gasteiger partial charge in [-0.1, -0.05) is 6.07 Å². The Hall–Kier alpha value is -1.75. The maximum atomic E-state index is 12.1. The summed E-state index contributed by atoms with van der Waals surface area (Å²) in [7, 11) is 1.41. The summed E-state index contributed by atoms with van der Waals surface area (Å²) in [5.74, 6) is -0.341. The minimum Gasteiger partial charge on any atom is -0.504 e. The van der Waals surface area contributed by atoms with Gasteiger partial charge in [0.1, 0.15) is 11.7 Å². The molecule has 0 aliphatic carbocycles. The average Bonchev–Trinajstić information content (AvgIpc) is 2.39. The predicted molar refractivity (Wildman–Crippen MR) is 73.1 cm³/mol. The third-order valence-corrected chi connectivity index (χ3v) is 3.50. The molecule has 0 spiro atoms. The molecule has 1 aliphatic heterocycles. The molecule has 1 heterocycles. The van der Waals surface area contributed by atoms with Gasteiger partial charge in [0.15, 0.2) is 11.5 Å². The monoisotopic (exact) mass is 280 g/mol. The number of hydrogen-bond donors (Lipinski definition) is 2. The predicted octanol–water partition coefficient (Wildman–Crippen LogP) is 2.03. The number of carbonyl (C=O) groups is 1. The van der Waals surface area contributed by atoms with E-state index in [1.54, 1.807) is 13.0 Å². The van der Waals surface area contributed by atoms with Gasteiger partial charge in [0.25, 0.3) is 0 Å². The van der Waals surface area contributed by atoms with Crippen molar-refractivity contribution < 1.29 is 24.5 Å². The second kappa shape index (κ2) is 6.13. The van der Waals surface area contributed by atoms with Gasteiger partial charge in [-0.15, -0.1) is 0 Å². The molecule has 0 aromatic heterocycles. The molecule has 2 atom stereocenters. The second-order valence-corrected chi connectivity index (χ2v) is 5.16. The molecule has 1 aromatic carbocycles. The van der Waals surface area contributed by atoms with Crippen molar-refractivity contribution in [3.63, 3.8) is 0 Å². The quantitative estimate of drug-likeness (QED) is 0.807. The summed E-state index contributed by atoms with van der Waals surface area (Å²) >= 11 is 0. The SMILES string of the molecule is COc1c(O)ccc2c1C(=O)O[C@H](CCC[C@H](C)O)C2. The van der Waals surface area contributed by atoms with Crippen LogP contribution >= 0.6 is 0 Å². The first kappa shape index (κ1) is 14.7. The number of hydrogen-bond acceptors (Lipinski definition) is 5. The molecule has 1 aliphatic rings. The number of phenols is 1. The van der Waals surface area contributed by atoms with E-state index in [4.69, 9.17) is 9.47 Å². The lowest BCUT2D eigenvalue weighted by Crippen LogP contribution is -2.28. The number of aliphatic hydroxyl groups is 1. The van der Waals surface area contributed by atoms with E-state index in [-0.39, 0.29) is 23.7 Å². The number of fused-ring (bicyclic) bond motifs is 1. The highest BCUT2D eigenvalue weighted by atomic mass is 16.5. The van der Waals surface area contributed by atoms with Crippen molar-refractivity contribution in [1.29, 1.82) is 0 Å². The smallest absolute Gasteiger partial charge is 0.342 e. The van der Waals surface area contributed by atoms with E-state index in [0.717, 1.165) is 18.4 Å². The Balaban J connectivity index is 2.12. The van der Waals surface area contributed by atoms with E-state index in [2.05, 4.69) is 0 Å². The maximum absolute atomic E-state index is 12.1. The van der Waals surface area contributed by atoms with Gasteiger partial charge in [-0.3, -0.25) is 0 Å². The Labute approximate surface area is 118 Å². The van der Waals surface area contributed by atoms with Gasteiger partial charge in [-0.25, -0.2) is 4.79 Å². The van der Waals surface area contributed by atoms with Crippen LogP contribution in [0, 0.1) is 0 Å². The van der Waals surface area contributed by atoms with Crippen LogP contribution in [0.15, 0.2) is 12.1 Å². The van der Waals surface area contributed by atoms with Gasteiger partial charge in [0, 0.05) is 6.42 Å². The Morgan fingerprint density at radius 1 is 1.50 bits per heavy atom. The molecular formula is C15H20O5. The molecule has 2 rings (SSSR count). The minimum atomic E-state index is -0.457. The summed E-state index contributed by atoms with van der Waals surface area (Å²) in [6, 6.07) is 3.26. The maximum Gasteiger partial charge on any atom is 0.342 e. The Morgan fingerprint density at radius 2 is 2.25 bits per heavy atom. The average molecular weight is 280 g/mol. The molecule has 5 nitrogen and oxygen atoms in total. The molecule has 0 fully saturated rings. The molecule has 0 unspecified atom stereocenters. The van der Waals surface area contributed by atoms with Crippen molar-refractivity contribution in [1.82, 2.24) is 0 Å². The minimum absolute atomic E-state index is 0.0595. The van der Waals surface area contributed by atoms with Gasteiger partial charge >= 0.3 is 5.97 Å². The topological polar surface area (TPSA) is 76.0 Å². The molecule has 20 heavy (non-hydrogen) atoms. The highest BCUT2D eigenvalue weighted by molar-refractivity contribution is 5.96. The third-order valence-electron chi connectivity index (χ3n) is 3.50. The van der Waals surface area contributed by atoms with E-state index >= 15 is 0 Å². The zero-order valence-electron chi connectivity index (χ0n) is 11.8. The van der Waals surface area contributed by atoms with Crippen LogP contribution in [0.2, 0.25) is 0 Å². The molecule has 110 valence electrons. The normalized spacial score (nSPS) is 19.1. The molecule has 0 saturated heterocycles. The first-order valence-corrected chi connectivity index (χ1v) is 6.80. The number of rotatable bonds is 5. The molecule has 0 amide bonds. The molecule has 0 radical (unpaired) electrons. The number of esters is 1. The van der Waals surface area contributed by atoms with Gasteiger partial charge in [0.05, 0.1) is 13.2 Å². The lowest BCUT2D eigenvalue weighted by Gasteiger charge is -2.26. The second-order valence-electron chi connectivity index (χ2n) is 5.16. The molecule has 1 aromatic rings. The number of methoxy groups -OCH3 is 1. The lowest BCUT2D eigenvalue weighted by molar-refractivity contribution is 0.0219. The number of aliphatic hydroxyl groups excluding tert-OH is 1. The van der Waals surface area contributed by atoms with Crippen LogP contribution in [-0.4, -0.2) is 35.5 Å². The van der Waals surface area contributed by atoms with Crippen molar-refractivity contribution in [2.24, 2.45) is 0 Å². The van der Waals surface area contributed by atoms with Gasteiger partial charge < -0.3 is 19.7 Å². The molecule has 0 bridgehead atoms. The summed E-state index contributed by atoms with van der Waals surface area (Å²) in [6.07, 6.45) is 2.32. The number of phenolic OH excluding ortho intramolecular Hbond substituents is 1. The van der Waals surface area contributed by atoms with Gasteiger partial charge in [-0.05, 0) is 37.8 Å². The first-order valence-electron chi connectivity index (χ1n) is 6.80. The van der Waals surface area contributed by atoms with Crippen LogP contribution in [-0.2, 0) is 11.2 Å². The highest BCUT2D eigenvalue weighted by Gasteiger charge is 2.30. The number of ether oxygens (including phenoxy) is 2. The van der Waals surface area contributed by atoms with E-state index < -0.39 is 5.97 Å². The van der Waals surface area contributed by atoms with E-state index in [1.807, 2.05) is 0 Å². The van der Waals surface area contributed by atoms with Crippen LogP contribution < -0.4 is 4.74 Å². The summed E-state index contributed by atoms with van der Waals surface area (Å²) in [4.78, 5) is 12.1. The highest BCUT2D eigenvalue weighted by Crippen LogP contribution is 2.36. The van der Waals surface area contributed by atoms with Crippen molar-refractivity contribution in [2.45, 2.75) is 44.8 Å². The number of carbonyl (C=O) groups excluding carboxylic acids is 1. The zero-order valence-corrected chi connectivity index (χ0v) is 11.8. The summed E-state index contributed by atoms with van der Waals surface area (Å²) < 4.78 is 10.5. The standard InChI is InChI=1S/C15H20O5/c1-9(16)4-3-5-11-8-10-6-7-12(17)14(19-2)13(10)15(18)20-11/h6-7,9,11,16-17H,3-5,8H2,1-2H3/t9-,11+/m0/s1.